The van der Waals surface area contributed by atoms with E-state index in [1.165, 1.54) is 7.11 Å². The lowest BCUT2D eigenvalue weighted by Crippen LogP contribution is -2.42. The summed E-state index contributed by atoms with van der Waals surface area (Å²) in [6.45, 7) is 1.68. The van der Waals surface area contributed by atoms with Crippen molar-refractivity contribution < 1.29 is 28.8 Å². The summed E-state index contributed by atoms with van der Waals surface area (Å²) in [5.41, 5.74) is 0. The maximum atomic E-state index is 11.0. The number of carboxylic acids is 1. The van der Waals surface area contributed by atoms with E-state index in [9.17, 15) is 4.79 Å². The summed E-state index contributed by atoms with van der Waals surface area (Å²) >= 11 is 0. The van der Waals surface area contributed by atoms with Crippen molar-refractivity contribution in [2.75, 3.05) is 7.11 Å². The predicted octanol–water partition coefficient (Wildman–Crippen LogP) is -0.0376. The van der Waals surface area contributed by atoms with Crippen LogP contribution in [-0.2, 0) is 23.7 Å². The Kier molecular flexibility index (Phi) is 2.07. The molecule has 3 aliphatic heterocycles. The lowest BCUT2D eigenvalue weighted by atomic mass is 9.85. The van der Waals surface area contributed by atoms with Crippen LogP contribution in [0.2, 0.25) is 0 Å². The van der Waals surface area contributed by atoms with E-state index in [1.807, 2.05) is 0 Å². The summed E-state index contributed by atoms with van der Waals surface area (Å²) in [6, 6.07) is 0. The van der Waals surface area contributed by atoms with Gasteiger partial charge in [-0.1, -0.05) is 0 Å². The van der Waals surface area contributed by atoms with E-state index in [-0.39, 0.29) is 18.3 Å². The Morgan fingerprint density at radius 3 is 2.69 bits per heavy atom. The van der Waals surface area contributed by atoms with E-state index < -0.39 is 24.0 Å². The third kappa shape index (κ3) is 1.24. The van der Waals surface area contributed by atoms with Gasteiger partial charge in [-0.3, -0.25) is 4.79 Å². The molecule has 0 radical (unpaired) electrons. The van der Waals surface area contributed by atoms with Crippen LogP contribution in [0.3, 0.4) is 0 Å². The van der Waals surface area contributed by atoms with Gasteiger partial charge in [0.25, 0.3) is 5.97 Å². The minimum absolute atomic E-state index is 0.187. The molecule has 3 heterocycles. The lowest BCUT2D eigenvalue weighted by Gasteiger charge is -2.23. The first-order valence-electron chi connectivity index (χ1n) is 5.33. The van der Waals surface area contributed by atoms with Gasteiger partial charge in [0, 0.05) is 14.0 Å². The maximum Gasteiger partial charge on any atom is 0.309 e. The van der Waals surface area contributed by atoms with Crippen LogP contribution in [0.15, 0.2) is 0 Å². The fourth-order valence-electron chi connectivity index (χ4n) is 2.79. The normalized spacial score (nSPS) is 54.2. The average molecular weight is 230 g/mol. The molecule has 1 N–H and O–H groups in total. The number of rotatable bonds is 2. The fourth-order valence-corrected chi connectivity index (χ4v) is 2.79. The van der Waals surface area contributed by atoms with Gasteiger partial charge in [0.2, 0.25) is 0 Å². The van der Waals surface area contributed by atoms with Crippen LogP contribution in [0.5, 0.6) is 0 Å². The van der Waals surface area contributed by atoms with Gasteiger partial charge in [0.15, 0.2) is 0 Å². The number of carboxylic acid groups (broad SMARTS) is 1. The quantitative estimate of drug-likeness (QED) is 0.717. The van der Waals surface area contributed by atoms with Crippen LogP contribution >= 0.6 is 0 Å². The van der Waals surface area contributed by atoms with Gasteiger partial charge in [-0.15, -0.1) is 0 Å². The Labute approximate surface area is 92.4 Å². The van der Waals surface area contributed by atoms with Crippen molar-refractivity contribution in [1.82, 2.24) is 0 Å². The Hall–Kier alpha value is -0.690. The molecule has 0 spiro atoms. The summed E-state index contributed by atoms with van der Waals surface area (Å²) in [7, 11) is 1.50. The highest BCUT2D eigenvalue weighted by Crippen LogP contribution is 2.48. The molecule has 3 rings (SSSR count). The molecule has 6 unspecified atom stereocenters. The maximum absolute atomic E-state index is 11.0. The molecule has 3 saturated heterocycles. The first-order chi connectivity index (χ1) is 7.54. The Balaban J connectivity index is 1.81. The van der Waals surface area contributed by atoms with Gasteiger partial charge in [-0.25, -0.2) is 0 Å². The fraction of sp³-hybridized carbons (Fsp3) is 0.900. The first-order valence-corrected chi connectivity index (χ1v) is 5.33. The van der Waals surface area contributed by atoms with Gasteiger partial charge >= 0.3 is 5.97 Å². The van der Waals surface area contributed by atoms with E-state index in [4.69, 9.17) is 24.1 Å². The van der Waals surface area contributed by atoms with Crippen LogP contribution in [0.4, 0.5) is 0 Å². The van der Waals surface area contributed by atoms with Gasteiger partial charge in [-0.2, -0.15) is 0 Å². The number of methoxy groups -OCH3 is 1. The number of hydrogen-bond donors (Lipinski definition) is 1. The van der Waals surface area contributed by atoms with Gasteiger partial charge in [-0.05, 0) is 6.42 Å². The molecular formula is C10H14O6. The average Bonchev–Trinajstić information content (AvgIpc) is 2.85. The highest BCUT2D eigenvalue weighted by molar-refractivity contribution is 5.71. The second-order valence-electron chi connectivity index (χ2n) is 4.55. The molecule has 3 aliphatic rings. The zero-order chi connectivity index (χ0) is 11.5. The van der Waals surface area contributed by atoms with Gasteiger partial charge < -0.3 is 24.1 Å². The summed E-state index contributed by atoms with van der Waals surface area (Å²) < 4.78 is 21.9. The number of carbonyl (C=O) groups is 1. The van der Waals surface area contributed by atoms with Crippen LogP contribution in [0, 0.1) is 5.92 Å². The molecule has 6 atom stereocenters. The molecule has 0 saturated carbocycles. The van der Waals surface area contributed by atoms with Crippen molar-refractivity contribution in [3.8, 4) is 0 Å². The second-order valence-corrected chi connectivity index (χ2v) is 4.55. The summed E-state index contributed by atoms with van der Waals surface area (Å²) in [5, 5.41) is 9.03. The molecule has 6 nitrogen and oxygen atoms in total. The second kappa shape index (κ2) is 3.16. The minimum Gasteiger partial charge on any atom is -0.481 e. The zero-order valence-corrected chi connectivity index (χ0v) is 9.08. The third-order valence-corrected chi connectivity index (χ3v) is 3.62. The standard InChI is InChI=1S/C10H14O6/c1-10(13-2)15-7-5-3-4(9(11)12)6(14-5)8(7)16-10/h4-8H,3H2,1-2H3,(H,11,12). The van der Waals surface area contributed by atoms with E-state index in [1.54, 1.807) is 6.92 Å². The molecule has 0 aliphatic carbocycles. The molecule has 3 fully saturated rings. The number of fused-ring (bicyclic) bond motifs is 5. The number of hydrogen-bond acceptors (Lipinski definition) is 5. The minimum atomic E-state index is -1.07. The molecule has 16 heavy (non-hydrogen) atoms. The smallest absolute Gasteiger partial charge is 0.309 e. The Morgan fingerprint density at radius 1 is 1.38 bits per heavy atom. The summed E-state index contributed by atoms with van der Waals surface area (Å²) in [5.74, 6) is -2.39. The highest BCUT2D eigenvalue weighted by atomic mass is 16.9. The monoisotopic (exact) mass is 230 g/mol. The van der Waals surface area contributed by atoms with Gasteiger partial charge in [0.05, 0.1) is 12.0 Å². The number of ether oxygens (including phenoxy) is 4. The third-order valence-electron chi connectivity index (χ3n) is 3.62. The predicted molar refractivity (Wildman–Crippen MR) is 49.6 cm³/mol. The SMILES string of the molecule is COC1(C)OC2C3CC(C(=O)O)C(O3)C2O1. The molecule has 90 valence electrons. The highest BCUT2D eigenvalue weighted by Gasteiger charge is 2.64. The van der Waals surface area contributed by atoms with Gasteiger partial charge in [0.1, 0.15) is 18.3 Å². The number of aliphatic carboxylic acids is 1. The summed E-state index contributed by atoms with van der Waals surface area (Å²) in [4.78, 5) is 11.0. The van der Waals surface area contributed by atoms with Crippen molar-refractivity contribution in [3.63, 3.8) is 0 Å². The van der Waals surface area contributed by atoms with Crippen LogP contribution in [-0.4, -0.2) is 48.6 Å². The Morgan fingerprint density at radius 2 is 2.06 bits per heavy atom. The van der Waals surface area contributed by atoms with Crippen molar-refractivity contribution in [3.05, 3.63) is 0 Å². The van der Waals surface area contributed by atoms with E-state index in [0.717, 1.165) is 0 Å². The molecule has 0 amide bonds. The molecule has 2 bridgehead atoms. The molecular weight excluding hydrogens is 216 g/mol. The van der Waals surface area contributed by atoms with Crippen molar-refractivity contribution in [2.24, 2.45) is 5.92 Å². The largest absolute Gasteiger partial charge is 0.481 e. The van der Waals surface area contributed by atoms with Crippen LogP contribution < -0.4 is 0 Å². The van der Waals surface area contributed by atoms with Crippen molar-refractivity contribution in [1.29, 1.82) is 0 Å². The molecule has 0 aromatic carbocycles. The molecule has 0 aromatic heterocycles. The van der Waals surface area contributed by atoms with Crippen molar-refractivity contribution >= 4 is 5.97 Å². The van der Waals surface area contributed by atoms with Crippen LogP contribution in [0.25, 0.3) is 0 Å². The van der Waals surface area contributed by atoms with E-state index in [0.29, 0.717) is 6.42 Å². The Bertz CT molecular complexity index is 331. The lowest BCUT2D eigenvalue weighted by molar-refractivity contribution is -0.329. The molecule has 6 heteroatoms. The zero-order valence-electron chi connectivity index (χ0n) is 9.08. The molecule has 0 aromatic rings. The van der Waals surface area contributed by atoms with Crippen LogP contribution in [0.1, 0.15) is 13.3 Å². The van der Waals surface area contributed by atoms with E-state index >= 15 is 0 Å². The van der Waals surface area contributed by atoms with Crippen molar-refractivity contribution in [2.45, 2.75) is 43.7 Å². The first kappa shape index (κ1) is 10.5. The van der Waals surface area contributed by atoms with E-state index in [2.05, 4.69) is 0 Å². The summed E-state index contributed by atoms with van der Waals surface area (Å²) in [6.07, 6.45) is -0.641. The topological polar surface area (TPSA) is 74.2 Å².